The average Bonchev–Trinajstić information content (AvgIpc) is 2.94. The molecule has 0 atom stereocenters. The SMILES string of the molecule is Cc1ccccc1C(O)(Cc1ccccc1C(O)(c1ccccc1C)c1ccccc1C)c1ccccc1C. The van der Waals surface area contributed by atoms with Gasteiger partial charge in [-0.05, 0) is 83.3 Å². The van der Waals surface area contributed by atoms with E-state index in [0.29, 0.717) is 6.42 Å². The lowest BCUT2D eigenvalue weighted by molar-refractivity contribution is 0.0768. The van der Waals surface area contributed by atoms with Crippen LogP contribution in [0.15, 0.2) is 121 Å². The van der Waals surface area contributed by atoms with E-state index >= 15 is 0 Å². The van der Waals surface area contributed by atoms with Gasteiger partial charge in [0, 0.05) is 6.42 Å². The summed E-state index contributed by atoms with van der Waals surface area (Å²) in [5.41, 5.74) is 6.41. The highest BCUT2D eigenvalue weighted by atomic mass is 16.3. The summed E-state index contributed by atoms with van der Waals surface area (Å²) in [6.45, 7) is 8.17. The number of hydrogen-bond acceptors (Lipinski definition) is 2. The maximum Gasteiger partial charge on any atom is 0.141 e. The van der Waals surface area contributed by atoms with Gasteiger partial charge in [-0.15, -0.1) is 0 Å². The molecule has 0 aliphatic carbocycles. The molecule has 0 aromatic heterocycles. The Hall–Kier alpha value is -3.98. The van der Waals surface area contributed by atoms with Gasteiger partial charge < -0.3 is 10.2 Å². The lowest BCUT2D eigenvalue weighted by Gasteiger charge is -2.37. The Morgan fingerprint density at radius 2 is 0.718 bits per heavy atom. The monoisotopic (exact) mass is 512 g/mol. The quantitative estimate of drug-likeness (QED) is 0.220. The van der Waals surface area contributed by atoms with Crippen LogP contribution in [0.2, 0.25) is 0 Å². The first-order chi connectivity index (χ1) is 18.8. The van der Waals surface area contributed by atoms with E-state index in [-0.39, 0.29) is 0 Å². The zero-order valence-corrected chi connectivity index (χ0v) is 23.1. The van der Waals surface area contributed by atoms with Crippen molar-refractivity contribution >= 4 is 0 Å². The van der Waals surface area contributed by atoms with Gasteiger partial charge in [0.15, 0.2) is 0 Å². The fourth-order valence-corrected chi connectivity index (χ4v) is 6.11. The van der Waals surface area contributed by atoms with E-state index in [1.54, 1.807) is 0 Å². The van der Waals surface area contributed by atoms with Crippen molar-refractivity contribution in [3.63, 3.8) is 0 Å². The third-order valence-corrected chi connectivity index (χ3v) is 8.10. The molecule has 0 heterocycles. The highest BCUT2D eigenvalue weighted by Crippen LogP contribution is 2.44. The summed E-state index contributed by atoms with van der Waals surface area (Å²) in [5, 5.41) is 25.7. The molecule has 0 radical (unpaired) electrons. The minimum atomic E-state index is -1.41. The fraction of sp³-hybridized carbons (Fsp3) is 0.189. The first kappa shape index (κ1) is 26.6. The topological polar surface area (TPSA) is 40.5 Å². The Bertz CT molecular complexity index is 1520. The van der Waals surface area contributed by atoms with Gasteiger partial charge in [0.1, 0.15) is 11.2 Å². The molecule has 196 valence electrons. The van der Waals surface area contributed by atoms with Crippen molar-refractivity contribution in [2.24, 2.45) is 0 Å². The summed E-state index contributed by atoms with van der Waals surface area (Å²) in [5.74, 6) is 0. The van der Waals surface area contributed by atoms with Crippen molar-refractivity contribution in [2.45, 2.75) is 45.3 Å². The van der Waals surface area contributed by atoms with Gasteiger partial charge in [-0.25, -0.2) is 0 Å². The zero-order chi connectivity index (χ0) is 27.6. The first-order valence-electron chi connectivity index (χ1n) is 13.5. The maximum atomic E-state index is 12.9. The fourth-order valence-electron chi connectivity index (χ4n) is 6.11. The molecule has 2 nitrogen and oxygen atoms in total. The summed E-state index contributed by atoms with van der Waals surface area (Å²) in [7, 11) is 0. The Balaban J connectivity index is 1.79. The molecule has 5 rings (SSSR count). The van der Waals surface area contributed by atoms with E-state index in [2.05, 4.69) is 0 Å². The number of rotatable bonds is 7. The first-order valence-corrected chi connectivity index (χ1v) is 13.5. The van der Waals surface area contributed by atoms with Gasteiger partial charge in [-0.2, -0.15) is 0 Å². The summed E-state index contributed by atoms with van der Waals surface area (Å²) in [6.07, 6.45) is 0.305. The largest absolute Gasteiger partial charge is 0.380 e. The molecule has 0 spiro atoms. The summed E-state index contributed by atoms with van der Waals surface area (Å²) >= 11 is 0. The molecular weight excluding hydrogens is 476 g/mol. The normalized spacial score (nSPS) is 11.9. The van der Waals surface area contributed by atoms with E-state index in [9.17, 15) is 10.2 Å². The van der Waals surface area contributed by atoms with Crippen LogP contribution in [0.5, 0.6) is 0 Å². The Morgan fingerprint density at radius 1 is 0.410 bits per heavy atom. The predicted molar refractivity (Wildman–Crippen MR) is 160 cm³/mol. The Morgan fingerprint density at radius 3 is 1.10 bits per heavy atom. The van der Waals surface area contributed by atoms with Gasteiger partial charge in [0.2, 0.25) is 0 Å². The lowest BCUT2D eigenvalue weighted by atomic mass is 9.72. The lowest BCUT2D eigenvalue weighted by Crippen LogP contribution is -2.36. The van der Waals surface area contributed by atoms with Crippen molar-refractivity contribution in [1.29, 1.82) is 0 Å². The number of aryl methyl sites for hydroxylation is 4. The minimum absolute atomic E-state index is 0.305. The molecule has 0 aliphatic heterocycles. The molecule has 0 bridgehead atoms. The van der Waals surface area contributed by atoms with Crippen LogP contribution in [0.4, 0.5) is 0 Å². The van der Waals surface area contributed by atoms with Crippen molar-refractivity contribution < 1.29 is 10.2 Å². The number of benzene rings is 5. The Kier molecular flexibility index (Phi) is 7.27. The summed E-state index contributed by atoms with van der Waals surface area (Å²) in [6, 6.07) is 40.1. The van der Waals surface area contributed by atoms with E-state index in [4.69, 9.17) is 0 Å². The van der Waals surface area contributed by atoms with Crippen LogP contribution in [0.3, 0.4) is 0 Å². The Labute approximate surface area is 232 Å². The van der Waals surface area contributed by atoms with Gasteiger partial charge in [-0.3, -0.25) is 0 Å². The van der Waals surface area contributed by atoms with Crippen LogP contribution < -0.4 is 0 Å². The molecule has 0 unspecified atom stereocenters. The zero-order valence-electron chi connectivity index (χ0n) is 23.1. The van der Waals surface area contributed by atoms with Crippen molar-refractivity contribution in [3.05, 3.63) is 177 Å². The third-order valence-electron chi connectivity index (χ3n) is 8.10. The van der Waals surface area contributed by atoms with Crippen LogP contribution in [-0.2, 0) is 17.6 Å². The van der Waals surface area contributed by atoms with Crippen LogP contribution in [0.25, 0.3) is 0 Å². The van der Waals surface area contributed by atoms with E-state index in [1.165, 1.54) is 0 Å². The highest BCUT2D eigenvalue weighted by molar-refractivity contribution is 5.55. The van der Waals surface area contributed by atoms with Crippen molar-refractivity contribution in [2.75, 3.05) is 0 Å². The smallest absolute Gasteiger partial charge is 0.141 e. The van der Waals surface area contributed by atoms with E-state index < -0.39 is 11.2 Å². The maximum absolute atomic E-state index is 12.9. The van der Waals surface area contributed by atoms with Crippen LogP contribution in [0, 0.1) is 27.7 Å². The second kappa shape index (κ2) is 10.6. The van der Waals surface area contributed by atoms with E-state index in [1.807, 2.05) is 149 Å². The third kappa shape index (κ3) is 4.71. The van der Waals surface area contributed by atoms with E-state index in [0.717, 1.165) is 55.6 Å². The number of hydrogen-bond donors (Lipinski definition) is 2. The van der Waals surface area contributed by atoms with Gasteiger partial charge in [0.05, 0.1) is 0 Å². The average molecular weight is 513 g/mol. The molecule has 5 aromatic rings. The molecule has 2 heteroatoms. The predicted octanol–water partition coefficient (Wildman–Crippen LogP) is 7.68. The molecule has 0 fully saturated rings. The standard InChI is InChI=1S/C37H36O2/c1-26-15-5-10-20-31(26)36(38,32-21-11-6-16-27(32)2)25-30-19-9-14-24-35(30)37(39,33-22-12-7-17-28(33)3)34-23-13-8-18-29(34)4/h5-24,38-39H,25H2,1-4H3. The molecule has 5 aromatic carbocycles. The van der Waals surface area contributed by atoms with Gasteiger partial charge in [-0.1, -0.05) is 121 Å². The van der Waals surface area contributed by atoms with Crippen LogP contribution >= 0.6 is 0 Å². The number of aliphatic hydroxyl groups is 2. The molecule has 0 aliphatic rings. The second-order valence-corrected chi connectivity index (χ2v) is 10.7. The van der Waals surface area contributed by atoms with Gasteiger partial charge in [0.25, 0.3) is 0 Å². The van der Waals surface area contributed by atoms with Gasteiger partial charge >= 0.3 is 0 Å². The van der Waals surface area contributed by atoms with Crippen molar-refractivity contribution in [3.8, 4) is 0 Å². The van der Waals surface area contributed by atoms with Crippen LogP contribution in [0.1, 0.15) is 55.6 Å². The highest BCUT2D eigenvalue weighted by Gasteiger charge is 2.41. The van der Waals surface area contributed by atoms with Crippen LogP contribution in [-0.4, -0.2) is 10.2 Å². The minimum Gasteiger partial charge on any atom is -0.380 e. The molecule has 39 heavy (non-hydrogen) atoms. The molecule has 0 amide bonds. The van der Waals surface area contributed by atoms with Crippen molar-refractivity contribution in [1.82, 2.24) is 0 Å². The summed E-state index contributed by atoms with van der Waals surface area (Å²) < 4.78 is 0. The molecule has 0 saturated carbocycles. The molecule has 2 N–H and O–H groups in total. The second-order valence-electron chi connectivity index (χ2n) is 10.7. The molecule has 0 saturated heterocycles. The summed E-state index contributed by atoms with van der Waals surface area (Å²) in [4.78, 5) is 0. The molecular formula is C37H36O2.